The minimum atomic E-state index is -4.86. The largest absolute Gasteiger partial charge is 0.470 e. The Labute approximate surface area is 90.3 Å². The van der Waals surface area contributed by atoms with Crippen molar-refractivity contribution in [2.24, 2.45) is 17.4 Å². The zero-order valence-electron chi connectivity index (χ0n) is 8.51. The van der Waals surface area contributed by atoms with Crippen LogP contribution in [0.4, 0.5) is 13.2 Å². The molecule has 2 amide bonds. The third-order valence-corrected chi connectivity index (χ3v) is 1.98. The number of nitrogens with one attached hydrogen (secondary N) is 1. The Hall–Kier alpha value is -1.31. The molecular weight excluding hydrogens is 227 g/mol. The lowest BCUT2D eigenvalue weighted by atomic mass is 9.99. The molecule has 1 aliphatic heterocycles. The van der Waals surface area contributed by atoms with Gasteiger partial charge in [0.1, 0.15) is 0 Å². The van der Waals surface area contributed by atoms with Crippen LogP contribution < -0.4 is 16.8 Å². The number of amides is 2. The van der Waals surface area contributed by atoms with Crippen LogP contribution in [0.3, 0.4) is 0 Å². The molecular formula is C8H14F3N3O2. The summed E-state index contributed by atoms with van der Waals surface area (Å²) in [6, 6.07) is 0. The van der Waals surface area contributed by atoms with E-state index in [-0.39, 0.29) is 11.8 Å². The monoisotopic (exact) mass is 241 g/mol. The number of primary amides is 2. The van der Waals surface area contributed by atoms with E-state index in [9.17, 15) is 18.0 Å². The number of hydrogen-bond acceptors (Lipinski definition) is 3. The van der Waals surface area contributed by atoms with Crippen LogP contribution in [0.2, 0.25) is 0 Å². The van der Waals surface area contributed by atoms with E-state index in [0.717, 1.165) is 25.9 Å². The minimum Gasteiger partial charge on any atom is -0.369 e. The second-order valence-corrected chi connectivity index (χ2v) is 3.31. The number of carbonyl (C=O) groups excluding carboxylic acids is 2. The summed E-state index contributed by atoms with van der Waals surface area (Å²) in [5.41, 5.74) is 8.89. The Morgan fingerprint density at radius 1 is 1.25 bits per heavy atom. The summed E-state index contributed by atoms with van der Waals surface area (Å²) in [6.07, 6.45) is -2.82. The predicted molar refractivity (Wildman–Crippen MR) is 50.0 cm³/mol. The average Bonchev–Trinajstić information content (AvgIpc) is 2.18. The Morgan fingerprint density at radius 2 is 1.75 bits per heavy atom. The van der Waals surface area contributed by atoms with E-state index < -0.39 is 12.1 Å². The molecule has 0 aromatic heterocycles. The normalized spacial score (nSPS) is 20.6. The maximum Gasteiger partial charge on any atom is 0.470 e. The first kappa shape index (κ1) is 14.7. The van der Waals surface area contributed by atoms with Crippen LogP contribution in [0.15, 0.2) is 0 Å². The van der Waals surface area contributed by atoms with Gasteiger partial charge in [0.15, 0.2) is 0 Å². The standard InChI is InChI=1S/C6H12N2O.C2H2F3NO/c7-6(9)5-2-1-3-8-4-5;3-2(4,5)1(6)7/h5,8H,1-4H2,(H2,7,9);(H2,6,7). The van der Waals surface area contributed by atoms with E-state index >= 15 is 0 Å². The van der Waals surface area contributed by atoms with Crippen molar-refractivity contribution in [3.63, 3.8) is 0 Å². The Kier molecular flexibility index (Phi) is 5.79. The van der Waals surface area contributed by atoms with Gasteiger partial charge in [0, 0.05) is 6.54 Å². The van der Waals surface area contributed by atoms with Gasteiger partial charge >= 0.3 is 12.1 Å². The predicted octanol–water partition coefficient (Wildman–Crippen LogP) is -0.495. The van der Waals surface area contributed by atoms with E-state index in [1.807, 2.05) is 0 Å². The second kappa shape index (κ2) is 6.31. The van der Waals surface area contributed by atoms with E-state index in [1.54, 1.807) is 0 Å². The molecule has 0 aliphatic carbocycles. The summed E-state index contributed by atoms with van der Waals surface area (Å²) >= 11 is 0. The van der Waals surface area contributed by atoms with Gasteiger partial charge in [0.25, 0.3) is 0 Å². The van der Waals surface area contributed by atoms with E-state index in [1.165, 1.54) is 0 Å². The van der Waals surface area contributed by atoms with Crippen molar-refractivity contribution in [3.05, 3.63) is 0 Å². The summed E-state index contributed by atoms with van der Waals surface area (Å²) < 4.78 is 32.1. The molecule has 16 heavy (non-hydrogen) atoms. The zero-order valence-corrected chi connectivity index (χ0v) is 8.51. The maximum absolute atomic E-state index is 10.7. The molecule has 0 bridgehead atoms. The number of piperidine rings is 1. The smallest absolute Gasteiger partial charge is 0.369 e. The highest BCUT2D eigenvalue weighted by molar-refractivity contribution is 5.79. The van der Waals surface area contributed by atoms with E-state index in [0.29, 0.717) is 0 Å². The van der Waals surface area contributed by atoms with Crippen LogP contribution in [0.25, 0.3) is 0 Å². The van der Waals surface area contributed by atoms with Gasteiger partial charge in [-0.3, -0.25) is 9.59 Å². The van der Waals surface area contributed by atoms with E-state index in [4.69, 9.17) is 10.5 Å². The number of nitrogens with two attached hydrogens (primary N) is 2. The molecule has 0 aromatic carbocycles. The van der Waals surface area contributed by atoms with Crippen molar-refractivity contribution in [2.75, 3.05) is 13.1 Å². The Bertz CT molecular complexity index is 249. The van der Waals surface area contributed by atoms with Crippen LogP contribution in [-0.4, -0.2) is 31.1 Å². The molecule has 1 saturated heterocycles. The quantitative estimate of drug-likeness (QED) is 0.577. The molecule has 8 heteroatoms. The van der Waals surface area contributed by atoms with Gasteiger partial charge in [-0.1, -0.05) is 0 Å². The van der Waals surface area contributed by atoms with Gasteiger partial charge in [-0.15, -0.1) is 0 Å². The molecule has 1 fully saturated rings. The molecule has 1 heterocycles. The fourth-order valence-corrected chi connectivity index (χ4v) is 1.09. The summed E-state index contributed by atoms with van der Waals surface area (Å²) in [7, 11) is 0. The van der Waals surface area contributed by atoms with Gasteiger partial charge in [-0.25, -0.2) is 0 Å². The van der Waals surface area contributed by atoms with Crippen LogP contribution in [0.5, 0.6) is 0 Å². The molecule has 0 aromatic rings. The first-order chi connectivity index (χ1) is 7.25. The topological polar surface area (TPSA) is 98.2 Å². The van der Waals surface area contributed by atoms with Gasteiger partial charge in [-0.05, 0) is 19.4 Å². The fraction of sp³-hybridized carbons (Fsp3) is 0.750. The van der Waals surface area contributed by atoms with Gasteiger partial charge in [0.05, 0.1) is 5.92 Å². The first-order valence-electron chi connectivity index (χ1n) is 4.61. The molecule has 1 aliphatic rings. The Balaban J connectivity index is 0.000000293. The van der Waals surface area contributed by atoms with Gasteiger partial charge in [-0.2, -0.15) is 13.2 Å². The maximum atomic E-state index is 10.7. The lowest BCUT2D eigenvalue weighted by molar-refractivity contribution is -0.169. The second-order valence-electron chi connectivity index (χ2n) is 3.31. The number of halogens is 3. The van der Waals surface area contributed by atoms with Crippen LogP contribution in [-0.2, 0) is 9.59 Å². The minimum absolute atomic E-state index is 0.0822. The molecule has 1 unspecified atom stereocenters. The summed E-state index contributed by atoms with van der Waals surface area (Å²) in [6.45, 7) is 1.80. The third-order valence-electron chi connectivity index (χ3n) is 1.98. The summed E-state index contributed by atoms with van der Waals surface area (Å²) in [4.78, 5) is 19.7. The lowest BCUT2D eigenvalue weighted by Crippen LogP contribution is -2.37. The molecule has 5 nitrogen and oxygen atoms in total. The Morgan fingerprint density at radius 3 is 1.94 bits per heavy atom. The van der Waals surface area contributed by atoms with Crippen LogP contribution in [0.1, 0.15) is 12.8 Å². The molecule has 0 saturated carbocycles. The summed E-state index contributed by atoms with van der Waals surface area (Å²) in [5, 5.41) is 3.12. The van der Waals surface area contributed by atoms with Crippen molar-refractivity contribution in [2.45, 2.75) is 19.0 Å². The first-order valence-corrected chi connectivity index (χ1v) is 4.61. The number of alkyl halides is 3. The highest BCUT2D eigenvalue weighted by Crippen LogP contribution is 2.11. The number of rotatable bonds is 1. The van der Waals surface area contributed by atoms with Crippen molar-refractivity contribution in [1.29, 1.82) is 0 Å². The van der Waals surface area contributed by atoms with Crippen molar-refractivity contribution in [1.82, 2.24) is 5.32 Å². The summed E-state index contributed by atoms with van der Waals surface area (Å²) in [5.74, 6) is -2.34. The highest BCUT2D eigenvalue weighted by atomic mass is 19.4. The average molecular weight is 241 g/mol. The SMILES string of the molecule is NC(=O)C(F)(F)F.NC(=O)C1CCCNC1. The van der Waals surface area contributed by atoms with Crippen LogP contribution in [0, 0.1) is 5.92 Å². The number of hydrogen-bond donors (Lipinski definition) is 3. The van der Waals surface area contributed by atoms with Gasteiger partial charge in [0.2, 0.25) is 5.91 Å². The molecule has 1 rings (SSSR count). The fourth-order valence-electron chi connectivity index (χ4n) is 1.09. The molecule has 0 spiro atoms. The van der Waals surface area contributed by atoms with Crippen molar-refractivity contribution >= 4 is 11.8 Å². The molecule has 0 radical (unpaired) electrons. The third kappa shape index (κ3) is 6.23. The van der Waals surface area contributed by atoms with E-state index in [2.05, 4.69) is 11.1 Å². The van der Waals surface area contributed by atoms with Crippen molar-refractivity contribution in [3.8, 4) is 0 Å². The zero-order chi connectivity index (χ0) is 12.8. The number of carbonyl (C=O) groups is 2. The highest BCUT2D eigenvalue weighted by Gasteiger charge is 2.35. The lowest BCUT2D eigenvalue weighted by Gasteiger charge is -2.18. The van der Waals surface area contributed by atoms with Crippen LogP contribution >= 0.6 is 0 Å². The molecule has 94 valence electrons. The molecule has 1 atom stereocenters. The van der Waals surface area contributed by atoms with Gasteiger partial charge < -0.3 is 16.8 Å². The molecule has 5 N–H and O–H groups in total. The van der Waals surface area contributed by atoms with Crippen molar-refractivity contribution < 1.29 is 22.8 Å².